The number of amides is 1. The molecule has 5 nitrogen and oxygen atoms in total. The summed E-state index contributed by atoms with van der Waals surface area (Å²) in [6.07, 6.45) is -0.666. The Morgan fingerprint density at radius 2 is 1.86 bits per heavy atom. The van der Waals surface area contributed by atoms with E-state index in [4.69, 9.17) is 0 Å². The summed E-state index contributed by atoms with van der Waals surface area (Å²) in [6.45, 7) is 8.32. The minimum atomic E-state index is -4.45. The highest BCUT2D eigenvalue weighted by Crippen LogP contribution is 2.29. The molecule has 152 valence electrons. The Bertz CT molecular complexity index is 808. The SMILES string of the molecule is CC(C)c1nccn1CCN1CCN(C(=O)c2cccc(C(F)(F)F)c2)CC1. The number of aromatic nitrogens is 2. The Labute approximate surface area is 162 Å². The van der Waals surface area contributed by atoms with Gasteiger partial charge in [0.1, 0.15) is 5.82 Å². The van der Waals surface area contributed by atoms with Crippen molar-refractivity contribution in [2.45, 2.75) is 32.5 Å². The third-order valence-corrected chi connectivity index (χ3v) is 5.02. The van der Waals surface area contributed by atoms with Crippen LogP contribution in [0.25, 0.3) is 0 Å². The van der Waals surface area contributed by atoms with Gasteiger partial charge in [-0.3, -0.25) is 9.69 Å². The molecule has 1 saturated heterocycles. The Kier molecular flexibility index (Phi) is 6.07. The smallest absolute Gasteiger partial charge is 0.336 e. The number of carbonyl (C=O) groups is 1. The maximum absolute atomic E-state index is 12.9. The number of alkyl halides is 3. The van der Waals surface area contributed by atoms with Gasteiger partial charge in [0.05, 0.1) is 5.56 Å². The highest BCUT2D eigenvalue weighted by atomic mass is 19.4. The summed E-state index contributed by atoms with van der Waals surface area (Å²) < 4.78 is 40.7. The average molecular weight is 394 g/mol. The Hall–Kier alpha value is -2.35. The van der Waals surface area contributed by atoms with Gasteiger partial charge in [0.15, 0.2) is 0 Å². The van der Waals surface area contributed by atoms with Gasteiger partial charge in [-0.1, -0.05) is 19.9 Å². The van der Waals surface area contributed by atoms with Crippen LogP contribution in [0.15, 0.2) is 36.7 Å². The molecule has 0 atom stereocenters. The van der Waals surface area contributed by atoms with Crippen LogP contribution >= 0.6 is 0 Å². The first-order valence-corrected chi connectivity index (χ1v) is 9.45. The molecule has 0 unspecified atom stereocenters. The van der Waals surface area contributed by atoms with E-state index in [0.29, 0.717) is 32.1 Å². The zero-order valence-corrected chi connectivity index (χ0v) is 16.1. The highest BCUT2D eigenvalue weighted by Gasteiger charge is 2.31. The molecule has 2 heterocycles. The number of imidazole rings is 1. The summed E-state index contributed by atoms with van der Waals surface area (Å²) in [5, 5.41) is 0. The molecule has 1 fully saturated rings. The topological polar surface area (TPSA) is 41.4 Å². The number of rotatable bonds is 5. The normalized spacial score (nSPS) is 16.0. The first kappa shape index (κ1) is 20.4. The standard InChI is InChI=1S/C20H25F3N4O/c1-15(2)18-24-6-7-26(18)11-8-25-9-12-27(13-10-25)19(28)16-4-3-5-17(14-16)20(21,22)23/h3-7,14-15H,8-13H2,1-2H3. The van der Waals surface area contributed by atoms with Crippen LogP contribution in [-0.2, 0) is 12.7 Å². The Morgan fingerprint density at radius 1 is 1.14 bits per heavy atom. The van der Waals surface area contributed by atoms with Crippen molar-refractivity contribution in [1.29, 1.82) is 0 Å². The molecule has 8 heteroatoms. The molecule has 0 N–H and O–H groups in total. The lowest BCUT2D eigenvalue weighted by molar-refractivity contribution is -0.137. The van der Waals surface area contributed by atoms with Crippen LogP contribution in [0.5, 0.6) is 0 Å². The minimum absolute atomic E-state index is 0.0864. The molecule has 1 aromatic carbocycles. The molecule has 2 aromatic rings. The predicted molar refractivity (Wildman–Crippen MR) is 100 cm³/mol. The lowest BCUT2D eigenvalue weighted by Crippen LogP contribution is -2.49. The van der Waals surface area contributed by atoms with E-state index < -0.39 is 11.7 Å². The van der Waals surface area contributed by atoms with Crippen LogP contribution in [-0.4, -0.2) is 58.0 Å². The molecule has 0 bridgehead atoms. The molecule has 1 aliphatic heterocycles. The molecular formula is C20H25F3N4O. The fourth-order valence-electron chi connectivity index (χ4n) is 3.45. The summed E-state index contributed by atoms with van der Waals surface area (Å²) in [6, 6.07) is 4.64. The molecule has 0 radical (unpaired) electrons. The van der Waals surface area contributed by atoms with Crippen molar-refractivity contribution in [3.8, 4) is 0 Å². The first-order chi connectivity index (χ1) is 13.3. The predicted octanol–water partition coefficient (Wildman–Crippen LogP) is 3.48. The molecule has 0 saturated carbocycles. The van der Waals surface area contributed by atoms with E-state index in [1.165, 1.54) is 12.1 Å². The largest absolute Gasteiger partial charge is 0.416 e. The van der Waals surface area contributed by atoms with Crippen LogP contribution in [0.4, 0.5) is 13.2 Å². The first-order valence-electron chi connectivity index (χ1n) is 9.45. The summed E-state index contributed by atoms with van der Waals surface area (Å²) in [4.78, 5) is 20.9. The van der Waals surface area contributed by atoms with E-state index in [0.717, 1.165) is 31.0 Å². The molecule has 1 amide bonds. The maximum Gasteiger partial charge on any atom is 0.416 e. The third kappa shape index (κ3) is 4.73. The monoisotopic (exact) mass is 394 g/mol. The van der Waals surface area contributed by atoms with Crippen LogP contribution in [0.1, 0.15) is 41.5 Å². The fourth-order valence-corrected chi connectivity index (χ4v) is 3.45. The zero-order chi connectivity index (χ0) is 20.3. The molecule has 28 heavy (non-hydrogen) atoms. The van der Waals surface area contributed by atoms with E-state index in [1.807, 2.05) is 6.20 Å². The number of benzene rings is 1. The maximum atomic E-state index is 12.9. The molecule has 1 aliphatic rings. The van der Waals surface area contributed by atoms with Gasteiger partial charge < -0.3 is 9.47 Å². The number of hydrogen-bond acceptors (Lipinski definition) is 3. The van der Waals surface area contributed by atoms with Gasteiger partial charge in [-0.25, -0.2) is 4.98 Å². The lowest BCUT2D eigenvalue weighted by atomic mass is 10.1. The third-order valence-electron chi connectivity index (χ3n) is 5.02. The van der Waals surface area contributed by atoms with Gasteiger partial charge in [-0.2, -0.15) is 13.2 Å². The van der Waals surface area contributed by atoms with E-state index in [9.17, 15) is 18.0 Å². The van der Waals surface area contributed by atoms with Crippen molar-refractivity contribution < 1.29 is 18.0 Å². The van der Waals surface area contributed by atoms with Gasteiger partial charge in [0.25, 0.3) is 5.91 Å². The van der Waals surface area contributed by atoms with Crippen LogP contribution in [0, 0.1) is 0 Å². The summed E-state index contributed by atoms with van der Waals surface area (Å²) in [7, 11) is 0. The number of nitrogens with zero attached hydrogens (tertiary/aromatic N) is 4. The summed E-state index contributed by atoms with van der Waals surface area (Å²) in [5.41, 5.74) is -0.707. The summed E-state index contributed by atoms with van der Waals surface area (Å²) >= 11 is 0. The minimum Gasteiger partial charge on any atom is -0.336 e. The molecule has 0 spiro atoms. The van der Waals surface area contributed by atoms with Gasteiger partial charge in [0, 0.05) is 63.1 Å². The molecule has 0 aliphatic carbocycles. The second kappa shape index (κ2) is 8.34. The summed E-state index contributed by atoms with van der Waals surface area (Å²) in [5.74, 6) is 1.07. The number of carbonyl (C=O) groups excluding carboxylic acids is 1. The quantitative estimate of drug-likeness (QED) is 0.780. The van der Waals surface area contributed by atoms with Crippen molar-refractivity contribution >= 4 is 5.91 Å². The van der Waals surface area contributed by atoms with Crippen molar-refractivity contribution in [2.75, 3.05) is 32.7 Å². The fraction of sp³-hybridized carbons (Fsp3) is 0.500. The molecule has 1 aromatic heterocycles. The van der Waals surface area contributed by atoms with Gasteiger partial charge in [0.2, 0.25) is 0 Å². The van der Waals surface area contributed by atoms with Crippen LogP contribution in [0.2, 0.25) is 0 Å². The van der Waals surface area contributed by atoms with Crippen molar-refractivity contribution in [3.05, 3.63) is 53.6 Å². The Balaban J connectivity index is 1.54. The second-order valence-corrected chi connectivity index (χ2v) is 7.35. The van der Waals surface area contributed by atoms with Crippen molar-refractivity contribution in [2.24, 2.45) is 0 Å². The average Bonchev–Trinajstić information content (AvgIpc) is 3.15. The van der Waals surface area contributed by atoms with E-state index in [2.05, 4.69) is 28.3 Å². The van der Waals surface area contributed by atoms with E-state index in [1.54, 1.807) is 11.1 Å². The van der Waals surface area contributed by atoms with Crippen LogP contribution in [0.3, 0.4) is 0 Å². The molecule has 3 rings (SSSR count). The number of hydrogen-bond donors (Lipinski definition) is 0. The van der Waals surface area contributed by atoms with Crippen molar-refractivity contribution in [3.63, 3.8) is 0 Å². The number of piperazine rings is 1. The highest BCUT2D eigenvalue weighted by molar-refractivity contribution is 5.94. The van der Waals surface area contributed by atoms with Gasteiger partial charge >= 0.3 is 6.18 Å². The van der Waals surface area contributed by atoms with Gasteiger partial charge in [-0.05, 0) is 18.2 Å². The van der Waals surface area contributed by atoms with Crippen LogP contribution < -0.4 is 0 Å². The van der Waals surface area contributed by atoms with E-state index >= 15 is 0 Å². The molecular weight excluding hydrogens is 369 g/mol. The van der Waals surface area contributed by atoms with Crippen molar-refractivity contribution in [1.82, 2.24) is 19.4 Å². The van der Waals surface area contributed by atoms with E-state index in [-0.39, 0.29) is 11.5 Å². The Morgan fingerprint density at radius 3 is 2.50 bits per heavy atom. The van der Waals surface area contributed by atoms with Gasteiger partial charge in [-0.15, -0.1) is 0 Å². The lowest BCUT2D eigenvalue weighted by Gasteiger charge is -2.35. The second-order valence-electron chi connectivity index (χ2n) is 7.35. The number of halogens is 3. The zero-order valence-electron chi connectivity index (χ0n) is 16.1.